The molecule has 2 aromatic rings. The third-order valence-electron chi connectivity index (χ3n) is 4.83. The first-order valence-corrected chi connectivity index (χ1v) is 9.85. The van der Waals surface area contributed by atoms with Crippen LogP contribution >= 0.6 is 11.6 Å². The van der Waals surface area contributed by atoms with Crippen LogP contribution in [0.5, 0.6) is 11.6 Å². The average molecular weight is 403 g/mol. The smallest absolute Gasteiger partial charge is 0.228 e. The summed E-state index contributed by atoms with van der Waals surface area (Å²) < 4.78 is 5.88. The number of amides is 1. The quantitative estimate of drug-likeness (QED) is 0.765. The van der Waals surface area contributed by atoms with E-state index in [1.54, 1.807) is 0 Å². The van der Waals surface area contributed by atoms with Crippen molar-refractivity contribution in [2.45, 2.75) is 40.7 Å². The molecule has 0 radical (unpaired) electrons. The summed E-state index contributed by atoms with van der Waals surface area (Å²) in [6.07, 6.45) is 1.50. The van der Waals surface area contributed by atoms with Gasteiger partial charge in [-0.05, 0) is 37.6 Å². The number of carbonyl (C=O) groups is 1. The number of aryl methyl sites for hydroxylation is 1. The van der Waals surface area contributed by atoms with Crippen LogP contribution in [-0.4, -0.2) is 46.5 Å². The summed E-state index contributed by atoms with van der Waals surface area (Å²) in [5.74, 6) is 2.14. The number of anilines is 1. The summed E-state index contributed by atoms with van der Waals surface area (Å²) in [5, 5.41) is 0.701. The zero-order valence-electron chi connectivity index (χ0n) is 17.1. The molecule has 0 spiro atoms. The summed E-state index contributed by atoms with van der Waals surface area (Å²) in [6.45, 7) is 12.0. The molecular formula is C21H27ClN4O2. The maximum atomic E-state index is 12.6. The first-order valence-electron chi connectivity index (χ1n) is 9.47. The SMILES string of the molecule is Cc1cc(Oc2cc(N3CCN(C(=O)C(C)(C)C)[C@H](C)C3)ncn2)ccc1Cl. The molecule has 0 saturated carbocycles. The minimum atomic E-state index is -0.372. The second kappa shape index (κ2) is 7.95. The molecule has 1 saturated heterocycles. The van der Waals surface area contributed by atoms with E-state index in [-0.39, 0.29) is 17.4 Å². The number of halogens is 1. The highest BCUT2D eigenvalue weighted by Gasteiger charge is 2.34. The van der Waals surface area contributed by atoms with E-state index >= 15 is 0 Å². The van der Waals surface area contributed by atoms with Crippen molar-refractivity contribution in [2.24, 2.45) is 5.41 Å². The zero-order valence-corrected chi connectivity index (χ0v) is 17.8. The van der Waals surface area contributed by atoms with E-state index in [0.717, 1.165) is 24.5 Å². The van der Waals surface area contributed by atoms with Gasteiger partial charge in [-0.2, -0.15) is 0 Å². The molecule has 1 fully saturated rings. The highest BCUT2D eigenvalue weighted by atomic mass is 35.5. The van der Waals surface area contributed by atoms with Crippen molar-refractivity contribution in [2.75, 3.05) is 24.5 Å². The lowest BCUT2D eigenvalue weighted by molar-refractivity contribution is -0.142. The fourth-order valence-electron chi connectivity index (χ4n) is 3.26. The molecule has 0 bridgehead atoms. The molecule has 0 aliphatic carbocycles. The first-order chi connectivity index (χ1) is 13.1. The van der Waals surface area contributed by atoms with Gasteiger partial charge in [0.15, 0.2) is 0 Å². The summed E-state index contributed by atoms with van der Waals surface area (Å²) in [6, 6.07) is 7.44. The molecule has 1 atom stereocenters. The number of carbonyl (C=O) groups excluding carboxylic acids is 1. The summed E-state index contributed by atoms with van der Waals surface area (Å²) in [7, 11) is 0. The normalized spacial score (nSPS) is 17.6. The van der Waals surface area contributed by atoms with Crippen LogP contribution in [0.2, 0.25) is 5.02 Å². The molecule has 6 nitrogen and oxygen atoms in total. The summed E-state index contributed by atoms with van der Waals surface area (Å²) in [4.78, 5) is 25.4. The Morgan fingerprint density at radius 2 is 1.96 bits per heavy atom. The second-order valence-electron chi connectivity index (χ2n) is 8.27. The highest BCUT2D eigenvalue weighted by molar-refractivity contribution is 6.31. The Bertz CT molecular complexity index is 866. The van der Waals surface area contributed by atoms with Gasteiger partial charge in [0.05, 0.1) is 0 Å². The number of benzene rings is 1. The van der Waals surface area contributed by atoms with E-state index in [1.807, 2.05) is 56.9 Å². The number of ether oxygens (including phenoxy) is 1. The lowest BCUT2D eigenvalue weighted by Crippen LogP contribution is -2.56. The van der Waals surface area contributed by atoms with Crippen LogP contribution < -0.4 is 9.64 Å². The molecular weight excluding hydrogens is 376 g/mol. The first kappa shape index (κ1) is 20.4. The van der Waals surface area contributed by atoms with Gasteiger partial charge >= 0.3 is 0 Å². The van der Waals surface area contributed by atoms with Gasteiger partial charge in [0, 0.05) is 42.2 Å². The van der Waals surface area contributed by atoms with E-state index in [9.17, 15) is 4.79 Å². The van der Waals surface area contributed by atoms with Crippen molar-refractivity contribution >= 4 is 23.3 Å². The van der Waals surface area contributed by atoms with Crippen LogP contribution in [0.3, 0.4) is 0 Å². The van der Waals surface area contributed by atoms with Crippen LogP contribution in [0.25, 0.3) is 0 Å². The van der Waals surface area contributed by atoms with Crippen molar-refractivity contribution in [1.82, 2.24) is 14.9 Å². The monoisotopic (exact) mass is 402 g/mol. The Labute approximate surface area is 171 Å². The second-order valence-corrected chi connectivity index (χ2v) is 8.68. The Hall–Kier alpha value is -2.34. The zero-order chi connectivity index (χ0) is 20.5. The lowest BCUT2D eigenvalue weighted by atomic mass is 9.93. The number of rotatable bonds is 3. The van der Waals surface area contributed by atoms with Crippen molar-refractivity contribution in [1.29, 1.82) is 0 Å². The molecule has 1 aliphatic rings. The number of aromatic nitrogens is 2. The Balaban J connectivity index is 1.71. The molecule has 150 valence electrons. The minimum absolute atomic E-state index is 0.110. The largest absolute Gasteiger partial charge is 0.439 e. The van der Waals surface area contributed by atoms with E-state index in [2.05, 4.69) is 21.8 Å². The predicted molar refractivity (Wildman–Crippen MR) is 111 cm³/mol. The fraction of sp³-hybridized carbons (Fsp3) is 0.476. The average Bonchev–Trinajstić information content (AvgIpc) is 2.63. The van der Waals surface area contributed by atoms with Crippen LogP contribution in [0.1, 0.15) is 33.3 Å². The van der Waals surface area contributed by atoms with Gasteiger partial charge in [-0.25, -0.2) is 9.97 Å². The molecule has 7 heteroatoms. The van der Waals surface area contributed by atoms with Crippen LogP contribution in [0.4, 0.5) is 5.82 Å². The highest BCUT2D eigenvalue weighted by Crippen LogP contribution is 2.28. The van der Waals surface area contributed by atoms with Gasteiger partial charge in [-0.15, -0.1) is 0 Å². The van der Waals surface area contributed by atoms with Gasteiger partial charge in [0.25, 0.3) is 0 Å². The van der Waals surface area contributed by atoms with Gasteiger partial charge < -0.3 is 14.5 Å². The number of hydrogen-bond acceptors (Lipinski definition) is 5. The molecule has 1 aromatic heterocycles. The molecule has 28 heavy (non-hydrogen) atoms. The Morgan fingerprint density at radius 3 is 2.61 bits per heavy atom. The maximum absolute atomic E-state index is 12.6. The van der Waals surface area contributed by atoms with Gasteiger partial charge in [-0.1, -0.05) is 32.4 Å². The lowest BCUT2D eigenvalue weighted by Gasteiger charge is -2.42. The molecule has 0 N–H and O–H groups in total. The van der Waals surface area contributed by atoms with Gasteiger partial charge in [-0.3, -0.25) is 4.79 Å². The Morgan fingerprint density at radius 1 is 1.21 bits per heavy atom. The van der Waals surface area contributed by atoms with Crippen LogP contribution in [-0.2, 0) is 4.79 Å². The van der Waals surface area contributed by atoms with Crippen molar-refractivity contribution in [3.05, 3.63) is 41.2 Å². The molecule has 0 unspecified atom stereocenters. The van der Waals surface area contributed by atoms with Gasteiger partial charge in [0.1, 0.15) is 17.9 Å². The van der Waals surface area contributed by atoms with Crippen LogP contribution in [0, 0.1) is 12.3 Å². The van der Waals surface area contributed by atoms with Crippen molar-refractivity contribution in [3.8, 4) is 11.6 Å². The molecule has 1 aromatic carbocycles. The molecule has 1 aliphatic heterocycles. The van der Waals surface area contributed by atoms with Crippen molar-refractivity contribution in [3.63, 3.8) is 0 Å². The number of nitrogens with zero attached hydrogens (tertiary/aromatic N) is 4. The predicted octanol–water partition coefficient (Wildman–Crippen LogP) is 4.31. The standard InChI is InChI=1S/C21H27ClN4O2/c1-14-10-16(6-7-17(14)22)28-19-11-18(23-13-24-19)25-8-9-26(15(2)12-25)20(27)21(3,4)5/h6-7,10-11,13,15H,8-9,12H2,1-5H3/t15-/m1/s1. The molecule has 2 heterocycles. The van der Waals surface area contributed by atoms with E-state index in [1.165, 1.54) is 6.33 Å². The summed E-state index contributed by atoms with van der Waals surface area (Å²) >= 11 is 6.07. The summed E-state index contributed by atoms with van der Waals surface area (Å²) in [5.41, 5.74) is 0.574. The van der Waals surface area contributed by atoms with E-state index in [4.69, 9.17) is 16.3 Å². The van der Waals surface area contributed by atoms with E-state index in [0.29, 0.717) is 23.2 Å². The molecule has 3 rings (SSSR count). The van der Waals surface area contributed by atoms with Crippen LogP contribution in [0.15, 0.2) is 30.6 Å². The Kier molecular flexibility index (Phi) is 5.79. The topological polar surface area (TPSA) is 58.6 Å². The number of piperazine rings is 1. The van der Waals surface area contributed by atoms with Gasteiger partial charge in [0.2, 0.25) is 11.8 Å². The third kappa shape index (κ3) is 4.55. The van der Waals surface area contributed by atoms with Crippen molar-refractivity contribution < 1.29 is 9.53 Å². The minimum Gasteiger partial charge on any atom is -0.439 e. The fourth-order valence-corrected chi connectivity index (χ4v) is 3.38. The maximum Gasteiger partial charge on any atom is 0.228 e. The number of hydrogen-bond donors (Lipinski definition) is 0. The molecule has 1 amide bonds. The van der Waals surface area contributed by atoms with E-state index < -0.39 is 0 Å². The third-order valence-corrected chi connectivity index (χ3v) is 5.26.